The molecule has 10 aromatic carbocycles. The van der Waals surface area contributed by atoms with Crippen LogP contribution in [0.4, 0.5) is 0 Å². The van der Waals surface area contributed by atoms with Crippen LogP contribution >= 0.6 is 34.3 Å². The third-order valence-corrected chi connectivity index (χ3v) is 19.3. The van der Waals surface area contributed by atoms with E-state index in [0.717, 1.165) is 26.5 Å². The molecule has 9 heteroatoms. The first-order chi connectivity index (χ1) is 44.8. The summed E-state index contributed by atoms with van der Waals surface area (Å²) >= 11 is 9.65. The molecular weight excluding hydrogens is 1070 g/mol. The van der Waals surface area contributed by atoms with Gasteiger partial charge >= 0.3 is 0 Å². The van der Waals surface area contributed by atoms with Gasteiger partial charge in [-0.15, -0.1) is 22.7 Å². The Bertz CT molecular complexity index is 5890. The van der Waals surface area contributed by atoms with Crippen LogP contribution in [0.15, 0.2) is 230 Å². The maximum Gasteiger partial charge on any atom is 0.235 e. The van der Waals surface area contributed by atoms with Crippen molar-refractivity contribution in [2.24, 2.45) is 0 Å². The molecule has 0 saturated heterocycles. The van der Waals surface area contributed by atoms with Gasteiger partial charge < -0.3 is 4.98 Å². The number of halogens is 1. The number of H-pyrrole nitrogens is 1. The monoisotopic (exact) mass is 1130 g/mol. The number of benzene rings is 10. The Hall–Kier alpha value is -9.31. The van der Waals surface area contributed by atoms with Gasteiger partial charge in [0, 0.05) is 69.5 Å². The van der Waals surface area contributed by atoms with Gasteiger partial charge in [0.25, 0.3) is 0 Å². The number of nitrogens with one attached hydrogen (secondary N) is 1. The van der Waals surface area contributed by atoms with Gasteiger partial charge in [-0.1, -0.05) is 234 Å². The van der Waals surface area contributed by atoms with Crippen molar-refractivity contribution in [1.82, 2.24) is 29.5 Å². The molecule has 396 valence electrons. The summed E-state index contributed by atoms with van der Waals surface area (Å²) < 4.78 is 86.3. The van der Waals surface area contributed by atoms with Gasteiger partial charge in [-0.3, -0.25) is 4.57 Å². The summed E-state index contributed by atoms with van der Waals surface area (Å²) in [6.07, 6.45) is 0. The van der Waals surface area contributed by atoms with Gasteiger partial charge in [-0.2, -0.15) is 0 Å². The molecule has 6 nitrogen and oxygen atoms in total. The summed E-state index contributed by atoms with van der Waals surface area (Å²) in [6.45, 7) is 9.31. The lowest BCUT2D eigenvalue weighted by Crippen LogP contribution is -2.14. The maximum absolute atomic E-state index is 8.78. The summed E-state index contributed by atoms with van der Waals surface area (Å²) in [7, 11) is 0. The number of aromatic amines is 1. The van der Waals surface area contributed by atoms with E-state index in [9.17, 15) is 0 Å². The van der Waals surface area contributed by atoms with Gasteiger partial charge in [0.05, 0.1) is 62.1 Å². The fourth-order valence-electron chi connectivity index (χ4n) is 13.0. The molecule has 1 N–H and O–H groups in total. The molecule has 0 saturated carbocycles. The molecule has 6 aromatic heterocycles. The van der Waals surface area contributed by atoms with Crippen LogP contribution < -0.4 is 0 Å². The van der Waals surface area contributed by atoms with Gasteiger partial charge in [0.2, 0.25) is 11.2 Å². The molecule has 0 bridgehead atoms. The first-order valence-electron chi connectivity index (χ1n) is 32.3. The zero-order valence-electron chi connectivity index (χ0n) is 55.1. The molecular formula is C74H51ClN6S2. The second-order valence-electron chi connectivity index (χ2n) is 21.9. The molecule has 0 radical (unpaired) electrons. The van der Waals surface area contributed by atoms with Crippen LogP contribution in [0.2, 0.25) is 5.28 Å². The highest BCUT2D eigenvalue weighted by Gasteiger charge is 2.40. The number of hydrogen-bond donors (Lipinski definition) is 1. The second-order valence-corrected chi connectivity index (χ2v) is 24.3. The third kappa shape index (κ3) is 7.60. The van der Waals surface area contributed by atoms with Crippen LogP contribution in [0.1, 0.15) is 63.7 Å². The fourth-order valence-corrected chi connectivity index (χ4v) is 16.2. The smallest absolute Gasteiger partial charge is 0.235 e. The minimum absolute atomic E-state index is 0.0199. The minimum Gasteiger partial charge on any atom is -0.353 e. The largest absolute Gasteiger partial charge is 0.353 e. The third-order valence-electron chi connectivity index (χ3n) is 16.6. The van der Waals surface area contributed by atoms with Crippen molar-refractivity contribution < 1.29 is 13.7 Å². The molecule has 2 aliphatic rings. The topological polar surface area (TPSA) is 72.3 Å². The number of aromatic nitrogens is 6. The van der Waals surface area contributed by atoms with E-state index in [1.54, 1.807) is 35.6 Å². The van der Waals surface area contributed by atoms with E-state index in [0.29, 0.717) is 33.4 Å². The predicted molar refractivity (Wildman–Crippen MR) is 351 cm³/mol. The lowest BCUT2D eigenvalue weighted by atomic mass is 9.81. The fraction of sp³-hybridized carbons (Fsp3) is 0.0811. The highest BCUT2D eigenvalue weighted by molar-refractivity contribution is 7.24. The first-order valence-corrected chi connectivity index (χ1v) is 29.3. The number of thiophene rings is 2. The van der Waals surface area contributed by atoms with Crippen molar-refractivity contribution in [2.45, 2.75) is 38.5 Å². The Morgan fingerprint density at radius 1 is 0.446 bits per heavy atom. The first kappa shape index (κ1) is 40.0. The molecule has 83 heavy (non-hydrogen) atoms. The quantitative estimate of drug-likeness (QED) is 0.179. The molecule has 0 fully saturated rings. The van der Waals surface area contributed by atoms with E-state index in [2.05, 4.69) is 156 Å². The standard InChI is InChI=1S/C37H25N3S.C23H17NS.C14H9ClN2/c1-37(2)28-17-9-6-15-25(28)34-31(37)27-21-20-24-23-14-8-11-19-30(23)40(33(24)35(27)41-34)36-38-29-18-10-7-16-26(29)32(39-36)22-12-4-3-5-13-22;1-23(2)17-9-5-3-8-15(17)21-19(23)16-12-11-14-13-7-4-6-10-18(13)24-20(14)22(16)25-21;15-14-16-12-9-5-4-8-11(12)13(17-14)10-6-2-1-3-7-10/h3-21H,1-2H3;3-12,24H,1-2H3;1-9H/i3D,4D,5D,12D,13D;;1D,2D,3D,6D,7D. The number of rotatable bonds is 3. The summed E-state index contributed by atoms with van der Waals surface area (Å²) in [5.41, 5.74) is 14.4. The van der Waals surface area contributed by atoms with Crippen LogP contribution in [-0.4, -0.2) is 29.5 Å². The molecule has 16 aromatic rings. The number of para-hydroxylation sites is 4. The number of hydrogen-bond acceptors (Lipinski definition) is 6. The molecule has 0 unspecified atom stereocenters. The van der Waals surface area contributed by atoms with Crippen molar-refractivity contribution in [1.29, 1.82) is 0 Å². The zero-order valence-corrected chi connectivity index (χ0v) is 47.5. The molecule has 2 aliphatic carbocycles. The molecule has 0 amide bonds. The van der Waals surface area contributed by atoms with Crippen molar-refractivity contribution in [2.75, 3.05) is 0 Å². The Morgan fingerprint density at radius 2 is 0.928 bits per heavy atom. The van der Waals surface area contributed by atoms with Crippen molar-refractivity contribution in [3.05, 3.63) is 258 Å². The highest BCUT2D eigenvalue weighted by Crippen LogP contribution is 2.58. The second kappa shape index (κ2) is 18.9. The Balaban J connectivity index is 0.000000122. The normalized spacial score (nSPS) is 15.2. The Labute approximate surface area is 506 Å². The Morgan fingerprint density at radius 3 is 1.57 bits per heavy atom. The summed E-state index contributed by atoms with van der Waals surface area (Å²) in [4.78, 5) is 24.7. The highest BCUT2D eigenvalue weighted by atomic mass is 35.5. The molecule has 0 atom stereocenters. The maximum atomic E-state index is 8.78. The van der Waals surface area contributed by atoms with Crippen LogP contribution in [-0.2, 0) is 10.8 Å². The van der Waals surface area contributed by atoms with E-state index in [4.69, 9.17) is 35.3 Å². The van der Waals surface area contributed by atoms with Crippen LogP contribution in [0, 0.1) is 0 Å². The van der Waals surface area contributed by atoms with Crippen LogP contribution in [0.25, 0.3) is 135 Å². The van der Waals surface area contributed by atoms with E-state index in [1.807, 2.05) is 47.7 Å². The van der Waals surface area contributed by atoms with Crippen molar-refractivity contribution >= 4 is 120 Å². The summed E-state index contributed by atoms with van der Waals surface area (Å²) in [6, 6.07) is 54.2. The van der Waals surface area contributed by atoms with Crippen LogP contribution in [0.5, 0.6) is 0 Å². The molecule has 6 heterocycles. The van der Waals surface area contributed by atoms with Crippen molar-refractivity contribution in [3.8, 4) is 49.3 Å². The van der Waals surface area contributed by atoms with Crippen molar-refractivity contribution in [3.63, 3.8) is 0 Å². The van der Waals surface area contributed by atoms with E-state index in [-0.39, 0.29) is 57.1 Å². The van der Waals surface area contributed by atoms with Crippen LogP contribution in [0.3, 0.4) is 0 Å². The SMILES string of the molecule is CC1(C)c2ccccc2-c2sc3c(ccc4c5ccccc5[nH]c43)c21.[2H]c1c([2H])c([2H])c(-c2nc(-n3c4ccccc4c4ccc5c6c(sc5c43)-c3ccccc3C6(C)C)nc3ccccc23)c([2H])c1[2H].[2H]c1c([2H])c([2H])c(-c2nc(Cl)nc3ccccc23)c([2H])c1[2H]. The summed E-state index contributed by atoms with van der Waals surface area (Å²) in [5, 5.41) is 8.53. The summed E-state index contributed by atoms with van der Waals surface area (Å²) in [5.74, 6) is 0.382. The van der Waals surface area contributed by atoms with Gasteiger partial charge in [0.1, 0.15) is 0 Å². The van der Waals surface area contributed by atoms with Gasteiger partial charge in [0.15, 0.2) is 0 Å². The lowest BCUT2D eigenvalue weighted by molar-refractivity contribution is 0.667. The van der Waals surface area contributed by atoms with Gasteiger partial charge in [-0.05, 0) is 80.0 Å². The average molecular weight is 1130 g/mol. The number of nitrogens with zero attached hydrogens (tertiary/aromatic N) is 5. The minimum atomic E-state index is -0.441. The van der Waals surface area contributed by atoms with E-state index < -0.39 is 36.3 Å². The van der Waals surface area contributed by atoms with E-state index in [1.165, 1.54) is 80.4 Å². The lowest BCUT2D eigenvalue weighted by Gasteiger charge is -2.21. The zero-order chi connectivity index (χ0) is 64.4. The average Bonchev–Trinajstić information content (AvgIpc) is 1.55. The molecule has 0 aliphatic heterocycles. The molecule has 0 spiro atoms. The van der Waals surface area contributed by atoms with E-state index >= 15 is 0 Å². The predicted octanol–water partition coefficient (Wildman–Crippen LogP) is 20.7. The van der Waals surface area contributed by atoms with Gasteiger partial charge in [-0.25, -0.2) is 19.9 Å². The Kier molecular flexibility index (Phi) is 9.09. The number of fused-ring (bicyclic) bond motifs is 20. The molecule has 18 rings (SSSR count).